The van der Waals surface area contributed by atoms with Gasteiger partial charge in [0, 0.05) is 6.04 Å². The Hall–Kier alpha value is -2.28. The first-order chi connectivity index (χ1) is 10.2. The largest absolute Gasteiger partial charge is 0.383 e. The fourth-order valence-corrected chi connectivity index (χ4v) is 2.51. The number of pyridine rings is 1. The van der Waals surface area contributed by atoms with Crippen molar-refractivity contribution in [2.45, 2.75) is 18.9 Å². The molecule has 1 fully saturated rings. The molecular formula is C14H18N6O. The van der Waals surface area contributed by atoms with Gasteiger partial charge >= 0.3 is 0 Å². The predicted molar refractivity (Wildman–Crippen MR) is 81.3 cm³/mol. The number of nitrogens with one attached hydrogen (secondary N) is 1. The van der Waals surface area contributed by atoms with Crippen molar-refractivity contribution in [1.82, 2.24) is 19.9 Å². The zero-order valence-electron chi connectivity index (χ0n) is 11.9. The molecule has 0 aromatic carbocycles. The first-order valence-electron chi connectivity index (χ1n) is 7.00. The van der Waals surface area contributed by atoms with Gasteiger partial charge in [0.05, 0.1) is 5.39 Å². The van der Waals surface area contributed by atoms with Crippen LogP contribution in [0.3, 0.4) is 0 Å². The standard InChI is InChI=1S/C14H18N6O/c1-20-6-4-9(5-7-20)17-14-18-12(15)11-3-2-10(8-21)16-13(11)19-14/h2-3,8-9H,4-7H2,1H3,(H3,15,16,17,18,19). The number of nitrogens with two attached hydrogens (primary N) is 1. The molecule has 110 valence electrons. The molecular weight excluding hydrogens is 268 g/mol. The Bertz CT molecular complexity index is 666. The fraction of sp³-hybridized carbons (Fsp3) is 0.429. The number of fused-ring (bicyclic) bond motifs is 1. The maximum Gasteiger partial charge on any atom is 0.226 e. The third kappa shape index (κ3) is 2.92. The van der Waals surface area contributed by atoms with Crippen molar-refractivity contribution in [2.24, 2.45) is 0 Å². The molecule has 0 saturated carbocycles. The van der Waals surface area contributed by atoms with Crippen LogP contribution in [0.2, 0.25) is 0 Å². The summed E-state index contributed by atoms with van der Waals surface area (Å²) in [5.74, 6) is 0.852. The van der Waals surface area contributed by atoms with E-state index in [1.54, 1.807) is 12.1 Å². The quantitative estimate of drug-likeness (QED) is 0.810. The fourth-order valence-electron chi connectivity index (χ4n) is 2.51. The van der Waals surface area contributed by atoms with Crippen LogP contribution < -0.4 is 11.1 Å². The molecule has 1 aliphatic rings. The second kappa shape index (κ2) is 5.61. The Kier molecular flexibility index (Phi) is 3.66. The summed E-state index contributed by atoms with van der Waals surface area (Å²) in [6.07, 6.45) is 2.78. The highest BCUT2D eigenvalue weighted by atomic mass is 16.1. The van der Waals surface area contributed by atoms with Gasteiger partial charge in [-0.1, -0.05) is 0 Å². The molecule has 2 aromatic heterocycles. The van der Waals surface area contributed by atoms with Crippen molar-refractivity contribution in [1.29, 1.82) is 0 Å². The Morgan fingerprint density at radius 1 is 1.29 bits per heavy atom. The number of nitrogens with zero attached hydrogens (tertiary/aromatic N) is 4. The van der Waals surface area contributed by atoms with E-state index >= 15 is 0 Å². The third-order valence-electron chi connectivity index (χ3n) is 3.78. The smallest absolute Gasteiger partial charge is 0.226 e. The number of carbonyl (C=O) groups is 1. The van der Waals surface area contributed by atoms with E-state index in [1.807, 2.05) is 0 Å². The number of carbonyl (C=O) groups excluding carboxylic acids is 1. The minimum atomic E-state index is 0.339. The normalized spacial score (nSPS) is 17.0. The molecule has 0 spiro atoms. The van der Waals surface area contributed by atoms with Crippen LogP contribution in [0.15, 0.2) is 12.1 Å². The Morgan fingerprint density at radius 2 is 2.05 bits per heavy atom. The Labute approximate surface area is 122 Å². The SMILES string of the molecule is CN1CCC(Nc2nc(N)c3ccc(C=O)nc3n2)CC1. The van der Waals surface area contributed by atoms with Crippen molar-refractivity contribution in [3.05, 3.63) is 17.8 Å². The van der Waals surface area contributed by atoms with Crippen LogP contribution in [0, 0.1) is 0 Å². The molecule has 0 radical (unpaired) electrons. The second-order valence-corrected chi connectivity index (χ2v) is 5.38. The number of rotatable bonds is 3. The number of likely N-dealkylation sites (tertiary alicyclic amines) is 1. The summed E-state index contributed by atoms with van der Waals surface area (Å²) in [4.78, 5) is 25.9. The first-order valence-corrected chi connectivity index (χ1v) is 7.00. The van der Waals surface area contributed by atoms with Crippen molar-refractivity contribution < 1.29 is 4.79 Å². The van der Waals surface area contributed by atoms with Crippen LogP contribution in [-0.2, 0) is 0 Å². The highest BCUT2D eigenvalue weighted by molar-refractivity contribution is 5.88. The molecule has 0 unspecified atom stereocenters. The van der Waals surface area contributed by atoms with E-state index < -0.39 is 0 Å². The van der Waals surface area contributed by atoms with Gasteiger partial charge in [0.15, 0.2) is 11.9 Å². The lowest BCUT2D eigenvalue weighted by Gasteiger charge is -2.29. The molecule has 1 aliphatic heterocycles. The van der Waals surface area contributed by atoms with Gasteiger partial charge in [-0.2, -0.15) is 9.97 Å². The molecule has 0 aliphatic carbocycles. The number of aldehydes is 1. The molecule has 3 heterocycles. The molecule has 0 amide bonds. The van der Waals surface area contributed by atoms with Gasteiger partial charge in [0.1, 0.15) is 11.5 Å². The lowest BCUT2D eigenvalue weighted by molar-refractivity contribution is 0.111. The van der Waals surface area contributed by atoms with Crippen molar-refractivity contribution in [3.8, 4) is 0 Å². The highest BCUT2D eigenvalue weighted by Crippen LogP contribution is 2.20. The van der Waals surface area contributed by atoms with E-state index in [2.05, 4.69) is 32.2 Å². The highest BCUT2D eigenvalue weighted by Gasteiger charge is 2.18. The van der Waals surface area contributed by atoms with Crippen LogP contribution >= 0.6 is 0 Å². The summed E-state index contributed by atoms with van der Waals surface area (Å²) >= 11 is 0. The summed E-state index contributed by atoms with van der Waals surface area (Å²) in [7, 11) is 2.12. The lowest BCUT2D eigenvalue weighted by Crippen LogP contribution is -2.37. The number of piperidine rings is 1. The Balaban J connectivity index is 1.87. The molecule has 1 saturated heterocycles. The lowest BCUT2D eigenvalue weighted by atomic mass is 10.1. The van der Waals surface area contributed by atoms with Gasteiger partial charge in [0.25, 0.3) is 0 Å². The van der Waals surface area contributed by atoms with Gasteiger partial charge in [-0.15, -0.1) is 0 Å². The number of hydrogen-bond acceptors (Lipinski definition) is 7. The molecule has 2 aromatic rings. The van der Waals surface area contributed by atoms with Gasteiger partial charge in [0.2, 0.25) is 5.95 Å². The number of nitrogen functional groups attached to an aromatic ring is 1. The van der Waals surface area contributed by atoms with Gasteiger partial charge in [-0.25, -0.2) is 4.98 Å². The average Bonchev–Trinajstić information content (AvgIpc) is 2.49. The predicted octanol–water partition coefficient (Wildman–Crippen LogP) is 0.926. The molecule has 21 heavy (non-hydrogen) atoms. The monoisotopic (exact) mass is 286 g/mol. The van der Waals surface area contributed by atoms with E-state index in [0.29, 0.717) is 40.8 Å². The number of aromatic nitrogens is 3. The minimum Gasteiger partial charge on any atom is -0.383 e. The third-order valence-corrected chi connectivity index (χ3v) is 3.78. The molecule has 7 nitrogen and oxygen atoms in total. The molecule has 0 atom stereocenters. The van der Waals surface area contributed by atoms with Gasteiger partial charge < -0.3 is 16.0 Å². The zero-order chi connectivity index (χ0) is 14.8. The van der Waals surface area contributed by atoms with Crippen molar-refractivity contribution >= 4 is 29.1 Å². The summed E-state index contributed by atoms with van der Waals surface area (Å²) < 4.78 is 0. The topological polar surface area (TPSA) is 97.0 Å². The first kappa shape index (κ1) is 13.7. The van der Waals surface area contributed by atoms with Crippen molar-refractivity contribution in [3.63, 3.8) is 0 Å². The summed E-state index contributed by atoms with van der Waals surface area (Å²) in [5, 5.41) is 3.98. The van der Waals surface area contributed by atoms with Gasteiger partial charge in [-0.05, 0) is 45.1 Å². The summed E-state index contributed by atoms with van der Waals surface area (Å²) in [6, 6.07) is 3.67. The summed E-state index contributed by atoms with van der Waals surface area (Å²) in [6.45, 7) is 2.10. The van der Waals surface area contributed by atoms with Crippen LogP contribution in [-0.4, -0.2) is 52.3 Å². The van der Waals surface area contributed by atoms with Crippen LogP contribution in [0.25, 0.3) is 11.0 Å². The minimum absolute atomic E-state index is 0.339. The van der Waals surface area contributed by atoms with Crippen LogP contribution in [0.1, 0.15) is 23.3 Å². The van der Waals surface area contributed by atoms with Crippen LogP contribution in [0.5, 0.6) is 0 Å². The molecule has 7 heteroatoms. The average molecular weight is 286 g/mol. The van der Waals surface area contributed by atoms with E-state index in [-0.39, 0.29) is 0 Å². The van der Waals surface area contributed by atoms with Crippen molar-refractivity contribution in [2.75, 3.05) is 31.2 Å². The molecule has 0 bridgehead atoms. The molecule has 3 rings (SSSR count). The van der Waals surface area contributed by atoms with E-state index in [0.717, 1.165) is 25.9 Å². The Morgan fingerprint density at radius 3 is 2.76 bits per heavy atom. The number of anilines is 2. The second-order valence-electron chi connectivity index (χ2n) is 5.38. The molecule has 3 N–H and O–H groups in total. The maximum absolute atomic E-state index is 10.8. The number of hydrogen-bond donors (Lipinski definition) is 2. The van der Waals surface area contributed by atoms with E-state index in [4.69, 9.17) is 5.73 Å². The van der Waals surface area contributed by atoms with Crippen LogP contribution in [0.4, 0.5) is 11.8 Å². The maximum atomic E-state index is 10.8. The van der Waals surface area contributed by atoms with E-state index in [1.165, 1.54) is 0 Å². The van der Waals surface area contributed by atoms with Gasteiger partial charge in [-0.3, -0.25) is 4.79 Å². The zero-order valence-corrected chi connectivity index (χ0v) is 11.9. The van der Waals surface area contributed by atoms with E-state index in [9.17, 15) is 4.79 Å². The summed E-state index contributed by atoms with van der Waals surface area (Å²) in [5.41, 5.74) is 6.73.